The summed E-state index contributed by atoms with van der Waals surface area (Å²) in [7, 11) is 0. The van der Waals surface area contributed by atoms with E-state index in [0.29, 0.717) is 24.8 Å². The molecule has 0 aromatic heterocycles. The fourth-order valence-corrected chi connectivity index (χ4v) is 3.40. The van der Waals surface area contributed by atoms with Crippen molar-refractivity contribution >= 4 is 11.9 Å². The summed E-state index contributed by atoms with van der Waals surface area (Å²) in [5, 5.41) is 8.65. The highest BCUT2D eigenvalue weighted by molar-refractivity contribution is 5.82. The molecule has 2 atom stereocenters. The molecule has 0 heterocycles. The second-order valence-electron chi connectivity index (χ2n) is 5.91. The van der Waals surface area contributed by atoms with Crippen LogP contribution in [0.15, 0.2) is 0 Å². The number of carboxylic acid groups (broad SMARTS) is 1. The third kappa shape index (κ3) is 2.68. The first-order valence-corrected chi connectivity index (χ1v) is 7.04. The highest BCUT2D eigenvalue weighted by atomic mass is 16.4. The van der Waals surface area contributed by atoms with E-state index >= 15 is 0 Å². The van der Waals surface area contributed by atoms with Crippen LogP contribution in [0.1, 0.15) is 46.0 Å². The first kappa shape index (κ1) is 13.4. The van der Waals surface area contributed by atoms with Gasteiger partial charge in [-0.25, -0.2) is 0 Å². The maximum Gasteiger partial charge on any atom is 0.303 e. The maximum atomic E-state index is 12.4. The molecule has 0 bridgehead atoms. The molecule has 2 saturated carbocycles. The highest BCUT2D eigenvalue weighted by Crippen LogP contribution is 2.58. The molecule has 18 heavy (non-hydrogen) atoms. The second kappa shape index (κ2) is 5.29. The van der Waals surface area contributed by atoms with Gasteiger partial charge in [-0.05, 0) is 44.9 Å². The maximum absolute atomic E-state index is 12.4. The van der Waals surface area contributed by atoms with Gasteiger partial charge in [-0.1, -0.05) is 6.42 Å². The van der Waals surface area contributed by atoms with Gasteiger partial charge in [0.05, 0.1) is 0 Å². The number of carbonyl (C=O) groups is 2. The molecule has 0 aromatic carbocycles. The number of amides is 1. The Labute approximate surface area is 108 Å². The molecule has 2 unspecified atom stereocenters. The molecule has 0 aromatic rings. The number of hydrogen-bond acceptors (Lipinski definition) is 2. The van der Waals surface area contributed by atoms with Crippen LogP contribution in [0.4, 0.5) is 0 Å². The topological polar surface area (TPSA) is 57.6 Å². The standard InChI is InChI=1S/C14H23NO3/c1-9(2)15(8-4-7-12(16)17)14(18)13-10-5-3-6-11(10)13/h9-11,13H,3-8H2,1-2H3,(H,16,17). The van der Waals surface area contributed by atoms with E-state index in [1.807, 2.05) is 18.7 Å². The van der Waals surface area contributed by atoms with Crippen LogP contribution < -0.4 is 0 Å². The van der Waals surface area contributed by atoms with Gasteiger partial charge in [-0.2, -0.15) is 0 Å². The summed E-state index contributed by atoms with van der Waals surface area (Å²) >= 11 is 0. The van der Waals surface area contributed by atoms with E-state index in [0.717, 1.165) is 0 Å². The molecule has 1 N–H and O–H groups in total. The fourth-order valence-electron chi connectivity index (χ4n) is 3.40. The zero-order chi connectivity index (χ0) is 13.3. The van der Waals surface area contributed by atoms with E-state index in [2.05, 4.69) is 0 Å². The van der Waals surface area contributed by atoms with Crippen LogP contribution in [0.3, 0.4) is 0 Å². The van der Waals surface area contributed by atoms with E-state index in [1.165, 1.54) is 19.3 Å². The molecule has 0 spiro atoms. The molecule has 2 rings (SSSR count). The Morgan fingerprint density at radius 1 is 1.28 bits per heavy atom. The first-order chi connectivity index (χ1) is 8.52. The second-order valence-corrected chi connectivity index (χ2v) is 5.91. The number of fused-ring (bicyclic) bond motifs is 1. The van der Waals surface area contributed by atoms with Crippen molar-refractivity contribution in [2.24, 2.45) is 17.8 Å². The zero-order valence-electron chi connectivity index (χ0n) is 11.3. The number of nitrogens with zero attached hydrogens (tertiary/aromatic N) is 1. The molecule has 102 valence electrons. The molecule has 1 amide bonds. The Bertz CT molecular complexity index is 330. The van der Waals surface area contributed by atoms with Crippen LogP contribution in [0.2, 0.25) is 0 Å². The molecule has 2 aliphatic carbocycles. The van der Waals surface area contributed by atoms with Crippen LogP contribution in [0, 0.1) is 17.8 Å². The third-order valence-electron chi connectivity index (χ3n) is 4.39. The van der Waals surface area contributed by atoms with Crippen molar-refractivity contribution in [3.05, 3.63) is 0 Å². The van der Waals surface area contributed by atoms with Crippen molar-refractivity contribution in [3.63, 3.8) is 0 Å². The molecule has 2 aliphatic rings. The molecular formula is C14H23NO3. The summed E-state index contributed by atoms with van der Waals surface area (Å²) in [5.41, 5.74) is 0. The number of carbonyl (C=O) groups excluding carboxylic acids is 1. The van der Waals surface area contributed by atoms with Crippen LogP contribution in [-0.4, -0.2) is 34.5 Å². The van der Waals surface area contributed by atoms with Crippen molar-refractivity contribution in [3.8, 4) is 0 Å². The van der Waals surface area contributed by atoms with E-state index in [4.69, 9.17) is 5.11 Å². The Morgan fingerprint density at radius 3 is 2.39 bits per heavy atom. The lowest BCUT2D eigenvalue weighted by Crippen LogP contribution is -2.39. The summed E-state index contributed by atoms with van der Waals surface area (Å²) in [5.74, 6) is 1.02. The molecule has 4 nitrogen and oxygen atoms in total. The van der Waals surface area contributed by atoms with Crippen molar-refractivity contribution in [2.45, 2.75) is 52.0 Å². The summed E-state index contributed by atoms with van der Waals surface area (Å²) < 4.78 is 0. The fraction of sp³-hybridized carbons (Fsp3) is 0.857. The van der Waals surface area contributed by atoms with Crippen LogP contribution in [0.5, 0.6) is 0 Å². The monoisotopic (exact) mass is 253 g/mol. The van der Waals surface area contributed by atoms with Gasteiger partial charge in [0.15, 0.2) is 0 Å². The van der Waals surface area contributed by atoms with Crippen LogP contribution in [0.25, 0.3) is 0 Å². The predicted molar refractivity (Wildman–Crippen MR) is 68.0 cm³/mol. The van der Waals surface area contributed by atoms with Gasteiger partial charge >= 0.3 is 5.97 Å². The van der Waals surface area contributed by atoms with E-state index in [-0.39, 0.29) is 24.3 Å². The zero-order valence-corrected chi connectivity index (χ0v) is 11.3. The smallest absolute Gasteiger partial charge is 0.303 e. The van der Waals surface area contributed by atoms with E-state index < -0.39 is 5.97 Å². The van der Waals surface area contributed by atoms with Gasteiger partial charge in [0.1, 0.15) is 0 Å². The summed E-state index contributed by atoms with van der Waals surface area (Å²) in [4.78, 5) is 24.8. The van der Waals surface area contributed by atoms with Gasteiger partial charge in [0.25, 0.3) is 0 Å². The van der Waals surface area contributed by atoms with Gasteiger partial charge in [0.2, 0.25) is 5.91 Å². The minimum Gasteiger partial charge on any atom is -0.481 e. The highest BCUT2D eigenvalue weighted by Gasteiger charge is 2.57. The molecule has 4 heteroatoms. The van der Waals surface area contributed by atoms with Crippen molar-refractivity contribution in [1.29, 1.82) is 0 Å². The lowest BCUT2D eigenvalue weighted by molar-refractivity contribution is -0.139. The van der Waals surface area contributed by atoms with Gasteiger partial charge in [-0.3, -0.25) is 9.59 Å². The number of rotatable bonds is 6. The molecule has 0 aliphatic heterocycles. The number of carboxylic acids is 1. The van der Waals surface area contributed by atoms with Gasteiger partial charge < -0.3 is 10.0 Å². The van der Waals surface area contributed by atoms with Crippen LogP contribution in [-0.2, 0) is 9.59 Å². The van der Waals surface area contributed by atoms with E-state index in [1.54, 1.807) is 0 Å². The normalized spacial score (nSPS) is 29.2. The third-order valence-corrected chi connectivity index (χ3v) is 4.39. The van der Waals surface area contributed by atoms with Gasteiger partial charge in [0, 0.05) is 24.9 Å². The Balaban J connectivity index is 1.85. The minimum absolute atomic E-state index is 0.147. The molecule has 0 radical (unpaired) electrons. The van der Waals surface area contributed by atoms with Gasteiger partial charge in [-0.15, -0.1) is 0 Å². The minimum atomic E-state index is -0.783. The number of aliphatic carboxylic acids is 1. The largest absolute Gasteiger partial charge is 0.481 e. The Morgan fingerprint density at radius 2 is 1.89 bits per heavy atom. The molecule has 2 fully saturated rings. The lowest BCUT2D eigenvalue weighted by Gasteiger charge is -2.27. The molecule has 0 saturated heterocycles. The van der Waals surface area contributed by atoms with Crippen molar-refractivity contribution in [1.82, 2.24) is 4.90 Å². The SMILES string of the molecule is CC(C)N(CCCC(=O)O)C(=O)C1C2CCCC21. The first-order valence-electron chi connectivity index (χ1n) is 7.04. The van der Waals surface area contributed by atoms with E-state index in [9.17, 15) is 9.59 Å². The number of hydrogen-bond donors (Lipinski definition) is 1. The van der Waals surface area contributed by atoms with Crippen molar-refractivity contribution in [2.75, 3.05) is 6.54 Å². The average Bonchev–Trinajstić information content (AvgIpc) is 2.76. The van der Waals surface area contributed by atoms with Crippen LogP contribution >= 0.6 is 0 Å². The Kier molecular flexibility index (Phi) is 3.93. The molecular weight excluding hydrogens is 230 g/mol. The summed E-state index contributed by atoms with van der Waals surface area (Å²) in [6.07, 6.45) is 4.40. The summed E-state index contributed by atoms with van der Waals surface area (Å²) in [6, 6.07) is 0.174. The lowest BCUT2D eigenvalue weighted by atomic mass is 10.1. The van der Waals surface area contributed by atoms with Crippen molar-refractivity contribution < 1.29 is 14.7 Å². The average molecular weight is 253 g/mol. The quantitative estimate of drug-likeness (QED) is 0.789. The Hall–Kier alpha value is -1.06. The summed E-state index contributed by atoms with van der Waals surface area (Å²) in [6.45, 7) is 4.60. The predicted octanol–water partition coefficient (Wildman–Crippen LogP) is 2.13.